The Labute approximate surface area is 188 Å². The highest BCUT2D eigenvalue weighted by Gasteiger charge is 2.40. The van der Waals surface area contributed by atoms with E-state index in [1.54, 1.807) is 0 Å². The molecule has 1 atom stereocenters. The number of benzene rings is 4. The highest BCUT2D eigenvalue weighted by atomic mass is 16.5. The quantitative estimate of drug-likeness (QED) is 0.405. The minimum atomic E-state index is -0.715. The molecule has 4 aromatic rings. The SMILES string of the molecule is C1=CC(c2ccccc2)(c2ccccc2N2CCOCC2)Oc2c1ccc1ccccc21. The van der Waals surface area contributed by atoms with Gasteiger partial charge in [0.2, 0.25) is 0 Å². The van der Waals surface area contributed by atoms with E-state index in [1.807, 2.05) is 0 Å². The standard InChI is InChI=1S/C29H25NO2/c1-2-9-24(10-3-1)29(26-12-6-7-13-27(26)30-18-20-31-21-19-30)17-16-23-15-14-22-8-4-5-11-25(22)28(23)32-29/h1-17H,18-21H2. The topological polar surface area (TPSA) is 21.7 Å². The summed E-state index contributed by atoms with van der Waals surface area (Å²) in [5.41, 5.74) is 3.87. The van der Waals surface area contributed by atoms with Gasteiger partial charge in [-0.25, -0.2) is 0 Å². The minimum absolute atomic E-state index is 0.715. The van der Waals surface area contributed by atoms with E-state index in [0.29, 0.717) is 0 Å². The summed E-state index contributed by atoms with van der Waals surface area (Å²) in [5, 5.41) is 2.32. The van der Waals surface area contributed by atoms with E-state index in [0.717, 1.165) is 54.1 Å². The van der Waals surface area contributed by atoms with Gasteiger partial charge < -0.3 is 14.4 Å². The number of rotatable bonds is 3. The van der Waals surface area contributed by atoms with Crippen LogP contribution in [-0.4, -0.2) is 26.3 Å². The molecule has 1 fully saturated rings. The van der Waals surface area contributed by atoms with Gasteiger partial charge in [-0.1, -0.05) is 91.0 Å². The first-order valence-corrected chi connectivity index (χ1v) is 11.2. The molecule has 0 N–H and O–H groups in total. The van der Waals surface area contributed by atoms with Gasteiger partial charge in [0.25, 0.3) is 0 Å². The zero-order valence-electron chi connectivity index (χ0n) is 17.9. The molecular weight excluding hydrogens is 394 g/mol. The first kappa shape index (κ1) is 19.1. The molecule has 0 radical (unpaired) electrons. The minimum Gasteiger partial charge on any atom is -0.472 e. The Morgan fingerprint density at radius 2 is 1.47 bits per heavy atom. The van der Waals surface area contributed by atoms with Crippen molar-refractivity contribution in [2.45, 2.75) is 5.60 Å². The molecule has 4 aromatic carbocycles. The molecule has 3 nitrogen and oxygen atoms in total. The number of fused-ring (bicyclic) bond motifs is 3. The molecule has 1 unspecified atom stereocenters. The molecule has 1 saturated heterocycles. The lowest BCUT2D eigenvalue weighted by atomic mass is 9.82. The first-order valence-electron chi connectivity index (χ1n) is 11.2. The van der Waals surface area contributed by atoms with E-state index >= 15 is 0 Å². The van der Waals surface area contributed by atoms with Gasteiger partial charge in [0.05, 0.1) is 13.2 Å². The van der Waals surface area contributed by atoms with Gasteiger partial charge in [-0.05, 0) is 17.5 Å². The fourth-order valence-corrected chi connectivity index (χ4v) is 4.92. The lowest BCUT2D eigenvalue weighted by Crippen LogP contribution is -2.40. The third-order valence-corrected chi connectivity index (χ3v) is 6.53. The number of hydrogen-bond donors (Lipinski definition) is 0. The van der Waals surface area contributed by atoms with Crippen LogP contribution in [0.5, 0.6) is 5.75 Å². The van der Waals surface area contributed by atoms with Gasteiger partial charge in [-0.3, -0.25) is 0 Å². The van der Waals surface area contributed by atoms with Crippen molar-refractivity contribution >= 4 is 22.5 Å². The Bertz CT molecular complexity index is 1290. The van der Waals surface area contributed by atoms with E-state index < -0.39 is 5.60 Å². The zero-order valence-corrected chi connectivity index (χ0v) is 17.9. The summed E-state index contributed by atoms with van der Waals surface area (Å²) in [6.45, 7) is 3.25. The van der Waals surface area contributed by atoms with Gasteiger partial charge in [0.15, 0.2) is 5.60 Å². The lowest BCUT2D eigenvalue weighted by Gasteiger charge is -2.40. The second-order valence-corrected chi connectivity index (χ2v) is 8.36. The lowest BCUT2D eigenvalue weighted by molar-refractivity contribution is 0.121. The number of ether oxygens (including phenoxy) is 2. The molecule has 0 amide bonds. The summed E-state index contributed by atoms with van der Waals surface area (Å²) in [6.07, 6.45) is 4.44. The molecule has 0 spiro atoms. The molecule has 2 heterocycles. The highest BCUT2D eigenvalue weighted by molar-refractivity contribution is 5.92. The summed E-state index contributed by atoms with van der Waals surface area (Å²) in [7, 11) is 0. The van der Waals surface area contributed by atoms with Crippen LogP contribution in [0.25, 0.3) is 16.8 Å². The smallest absolute Gasteiger partial charge is 0.180 e. The van der Waals surface area contributed by atoms with E-state index in [1.165, 1.54) is 11.1 Å². The molecule has 0 aromatic heterocycles. The molecule has 0 aliphatic carbocycles. The number of nitrogens with zero attached hydrogens (tertiary/aromatic N) is 1. The van der Waals surface area contributed by atoms with Crippen molar-refractivity contribution in [3.05, 3.63) is 114 Å². The maximum atomic E-state index is 7.09. The average Bonchev–Trinajstić information content (AvgIpc) is 2.89. The van der Waals surface area contributed by atoms with Crippen LogP contribution in [0.1, 0.15) is 16.7 Å². The molecule has 3 heteroatoms. The van der Waals surface area contributed by atoms with Crippen LogP contribution in [0.4, 0.5) is 5.69 Å². The molecule has 0 bridgehead atoms. The van der Waals surface area contributed by atoms with Gasteiger partial charge in [-0.2, -0.15) is 0 Å². The van der Waals surface area contributed by atoms with Crippen LogP contribution < -0.4 is 9.64 Å². The third-order valence-electron chi connectivity index (χ3n) is 6.53. The molecule has 158 valence electrons. The number of morpholine rings is 1. The number of hydrogen-bond acceptors (Lipinski definition) is 3. The zero-order chi connectivity index (χ0) is 21.4. The largest absolute Gasteiger partial charge is 0.472 e. The normalized spacial score (nSPS) is 20.1. The average molecular weight is 420 g/mol. The second kappa shape index (κ2) is 7.85. The van der Waals surface area contributed by atoms with Crippen molar-refractivity contribution in [3.63, 3.8) is 0 Å². The van der Waals surface area contributed by atoms with Crippen LogP contribution in [0.15, 0.2) is 97.1 Å². The van der Waals surface area contributed by atoms with E-state index in [9.17, 15) is 0 Å². The highest BCUT2D eigenvalue weighted by Crippen LogP contribution is 2.47. The van der Waals surface area contributed by atoms with Gasteiger partial charge in [-0.15, -0.1) is 0 Å². The predicted molar refractivity (Wildman–Crippen MR) is 130 cm³/mol. The van der Waals surface area contributed by atoms with E-state index in [2.05, 4.69) is 108 Å². The van der Waals surface area contributed by atoms with E-state index in [4.69, 9.17) is 9.47 Å². The van der Waals surface area contributed by atoms with Crippen LogP contribution in [0.2, 0.25) is 0 Å². The summed E-state index contributed by atoms with van der Waals surface area (Å²) in [4.78, 5) is 2.42. The maximum absolute atomic E-state index is 7.09. The molecule has 0 saturated carbocycles. The van der Waals surface area contributed by atoms with Crippen molar-refractivity contribution in [1.82, 2.24) is 0 Å². The summed E-state index contributed by atoms with van der Waals surface area (Å²) in [5.74, 6) is 0.936. The van der Waals surface area contributed by atoms with Crippen molar-refractivity contribution < 1.29 is 9.47 Å². The second-order valence-electron chi connectivity index (χ2n) is 8.36. The van der Waals surface area contributed by atoms with Gasteiger partial charge >= 0.3 is 0 Å². The van der Waals surface area contributed by atoms with Gasteiger partial charge in [0.1, 0.15) is 5.75 Å². The number of anilines is 1. The summed E-state index contributed by atoms with van der Waals surface area (Å²) < 4.78 is 12.7. The summed E-state index contributed by atoms with van der Waals surface area (Å²) in [6, 6.07) is 32.0. The van der Waals surface area contributed by atoms with Crippen LogP contribution >= 0.6 is 0 Å². The van der Waals surface area contributed by atoms with Crippen LogP contribution in [0, 0.1) is 0 Å². The Balaban J connectivity index is 1.58. The van der Waals surface area contributed by atoms with Crippen molar-refractivity contribution in [1.29, 1.82) is 0 Å². The molecular formula is C29H25NO2. The van der Waals surface area contributed by atoms with Gasteiger partial charge in [0, 0.05) is 40.9 Å². The molecule has 2 aliphatic heterocycles. The van der Waals surface area contributed by atoms with Crippen LogP contribution in [-0.2, 0) is 10.3 Å². The Morgan fingerprint density at radius 3 is 2.34 bits per heavy atom. The predicted octanol–water partition coefficient (Wildman–Crippen LogP) is 6.03. The number of para-hydroxylation sites is 1. The fourth-order valence-electron chi connectivity index (χ4n) is 4.92. The van der Waals surface area contributed by atoms with Crippen molar-refractivity contribution in [2.24, 2.45) is 0 Å². The van der Waals surface area contributed by atoms with Crippen molar-refractivity contribution in [2.75, 3.05) is 31.2 Å². The van der Waals surface area contributed by atoms with E-state index in [-0.39, 0.29) is 0 Å². The van der Waals surface area contributed by atoms with Crippen molar-refractivity contribution in [3.8, 4) is 5.75 Å². The summed E-state index contributed by atoms with van der Waals surface area (Å²) >= 11 is 0. The monoisotopic (exact) mass is 419 g/mol. The first-order chi connectivity index (χ1) is 15.9. The molecule has 6 rings (SSSR count). The Morgan fingerprint density at radius 1 is 0.719 bits per heavy atom. The Kier molecular flexibility index (Phi) is 4.70. The molecule has 2 aliphatic rings. The maximum Gasteiger partial charge on any atom is 0.180 e. The fraction of sp³-hybridized carbons (Fsp3) is 0.172. The third kappa shape index (κ3) is 3.09. The van der Waals surface area contributed by atoms with Crippen LogP contribution in [0.3, 0.4) is 0 Å². The Hall–Kier alpha value is -3.56. The molecule has 32 heavy (non-hydrogen) atoms.